The Morgan fingerprint density at radius 2 is 1.97 bits per heavy atom. The molecule has 0 radical (unpaired) electrons. The van der Waals surface area contributed by atoms with Crippen molar-refractivity contribution in [1.82, 2.24) is 9.97 Å². The molecule has 172 valence electrons. The maximum atomic E-state index is 15.1. The van der Waals surface area contributed by atoms with Gasteiger partial charge in [0.25, 0.3) is 6.02 Å². The molecule has 1 spiro atoms. The molecule has 0 bridgehead atoms. The number of fused-ring (bicyclic) bond motifs is 4. The van der Waals surface area contributed by atoms with Gasteiger partial charge in [-0.1, -0.05) is 11.8 Å². The SMILES string of the molecule is COC(C)(C)C#Cc1cnc2c(c1)[C@]1(COC(N)=N1)c1cc(-c3cccnc3F)c(F)cc1O2. The van der Waals surface area contributed by atoms with E-state index in [9.17, 15) is 4.39 Å². The summed E-state index contributed by atoms with van der Waals surface area (Å²) >= 11 is 0. The molecule has 9 heteroatoms. The molecule has 0 amide bonds. The van der Waals surface area contributed by atoms with Crippen molar-refractivity contribution in [2.24, 2.45) is 10.7 Å². The van der Waals surface area contributed by atoms with Crippen LogP contribution in [0.1, 0.15) is 30.5 Å². The summed E-state index contributed by atoms with van der Waals surface area (Å²) in [5.41, 5.74) is 5.71. The third kappa shape index (κ3) is 3.53. The zero-order chi connectivity index (χ0) is 24.1. The van der Waals surface area contributed by atoms with Crippen molar-refractivity contribution in [3.63, 3.8) is 0 Å². The topological polar surface area (TPSA) is 91.9 Å². The number of aromatic nitrogens is 2. The fourth-order valence-corrected chi connectivity index (χ4v) is 3.88. The maximum Gasteiger partial charge on any atom is 0.283 e. The zero-order valence-electron chi connectivity index (χ0n) is 18.6. The number of halogens is 2. The lowest BCUT2D eigenvalue weighted by molar-refractivity contribution is 0.0741. The van der Waals surface area contributed by atoms with E-state index in [4.69, 9.17) is 19.9 Å². The molecule has 7 nitrogen and oxygen atoms in total. The third-order valence-electron chi connectivity index (χ3n) is 5.82. The quantitative estimate of drug-likeness (QED) is 0.459. The van der Waals surface area contributed by atoms with Gasteiger partial charge in [0.05, 0.1) is 5.56 Å². The Bertz CT molecular complexity index is 1410. The van der Waals surface area contributed by atoms with E-state index in [2.05, 4.69) is 26.8 Å². The molecule has 34 heavy (non-hydrogen) atoms. The van der Waals surface area contributed by atoms with Crippen molar-refractivity contribution in [3.05, 3.63) is 71.2 Å². The Balaban J connectivity index is 1.71. The van der Waals surface area contributed by atoms with Gasteiger partial charge in [-0.25, -0.2) is 19.4 Å². The van der Waals surface area contributed by atoms with Crippen molar-refractivity contribution in [2.75, 3.05) is 13.7 Å². The van der Waals surface area contributed by atoms with E-state index < -0.39 is 22.9 Å². The Morgan fingerprint density at radius 3 is 2.68 bits per heavy atom. The number of hydrogen-bond donors (Lipinski definition) is 1. The molecule has 2 N–H and O–H groups in total. The maximum absolute atomic E-state index is 15.1. The van der Waals surface area contributed by atoms with E-state index in [1.165, 1.54) is 30.5 Å². The highest BCUT2D eigenvalue weighted by Gasteiger charge is 2.48. The van der Waals surface area contributed by atoms with Crippen LogP contribution in [0.2, 0.25) is 0 Å². The van der Waals surface area contributed by atoms with Crippen molar-refractivity contribution in [1.29, 1.82) is 0 Å². The summed E-state index contributed by atoms with van der Waals surface area (Å²) in [5.74, 6) is 5.03. The van der Waals surface area contributed by atoms with E-state index in [0.29, 0.717) is 16.7 Å². The second-order valence-corrected chi connectivity index (χ2v) is 8.41. The molecule has 2 aliphatic heterocycles. The first-order valence-electron chi connectivity index (χ1n) is 10.4. The highest BCUT2D eigenvalue weighted by atomic mass is 19.1. The van der Waals surface area contributed by atoms with E-state index in [1.54, 1.807) is 19.4 Å². The predicted octanol–water partition coefficient (Wildman–Crippen LogP) is 3.89. The largest absolute Gasteiger partial charge is 0.462 e. The molecule has 0 saturated carbocycles. The number of hydrogen-bond acceptors (Lipinski definition) is 7. The molecule has 2 aliphatic rings. The van der Waals surface area contributed by atoms with Gasteiger partial charge in [-0.05, 0) is 38.1 Å². The number of rotatable bonds is 2. The normalized spacial score (nSPS) is 18.2. The van der Waals surface area contributed by atoms with Gasteiger partial charge in [0, 0.05) is 47.8 Å². The van der Waals surface area contributed by atoms with Gasteiger partial charge < -0.3 is 19.9 Å². The van der Waals surface area contributed by atoms with Gasteiger partial charge in [-0.15, -0.1) is 0 Å². The number of amidine groups is 1. The second-order valence-electron chi connectivity index (χ2n) is 8.41. The van der Waals surface area contributed by atoms with Gasteiger partial charge in [-0.2, -0.15) is 4.39 Å². The molecule has 0 fully saturated rings. The number of ether oxygens (including phenoxy) is 3. The molecule has 0 saturated heterocycles. The number of pyridine rings is 2. The Kier molecular flexibility index (Phi) is 4.99. The van der Waals surface area contributed by atoms with Crippen LogP contribution in [0.3, 0.4) is 0 Å². The number of nitrogens with zero attached hydrogens (tertiary/aromatic N) is 3. The van der Waals surface area contributed by atoms with Gasteiger partial charge in [-0.3, -0.25) is 0 Å². The first-order valence-corrected chi connectivity index (χ1v) is 10.4. The molecular weight excluding hydrogens is 442 g/mol. The van der Waals surface area contributed by atoms with Crippen LogP contribution < -0.4 is 10.5 Å². The lowest BCUT2D eigenvalue weighted by Gasteiger charge is -2.33. The van der Waals surface area contributed by atoms with Crippen LogP contribution in [-0.2, 0) is 15.0 Å². The van der Waals surface area contributed by atoms with Gasteiger partial charge >= 0.3 is 0 Å². The summed E-state index contributed by atoms with van der Waals surface area (Å²) in [6.45, 7) is 3.72. The fraction of sp³-hybridized carbons (Fsp3) is 0.240. The second kappa shape index (κ2) is 7.78. The molecule has 0 unspecified atom stereocenters. The average molecular weight is 462 g/mol. The van der Waals surface area contributed by atoms with Crippen LogP contribution >= 0.6 is 0 Å². The van der Waals surface area contributed by atoms with Crippen molar-refractivity contribution < 1.29 is 23.0 Å². The minimum Gasteiger partial charge on any atom is -0.462 e. The summed E-state index contributed by atoms with van der Waals surface area (Å²) < 4.78 is 46.3. The number of aliphatic imine (C=N–C) groups is 1. The number of nitrogens with two attached hydrogens (primary N) is 1. The molecule has 2 aromatic heterocycles. The molecule has 1 atom stereocenters. The van der Waals surface area contributed by atoms with Crippen molar-refractivity contribution in [2.45, 2.75) is 25.0 Å². The lowest BCUT2D eigenvalue weighted by Crippen LogP contribution is -2.32. The molecule has 0 aliphatic carbocycles. The summed E-state index contributed by atoms with van der Waals surface area (Å²) in [6.07, 6.45) is 2.85. The van der Waals surface area contributed by atoms with Gasteiger partial charge in [0.15, 0.2) is 5.54 Å². The van der Waals surface area contributed by atoms with Crippen LogP contribution in [0.4, 0.5) is 8.78 Å². The summed E-state index contributed by atoms with van der Waals surface area (Å²) in [6, 6.07) is 7.41. The first kappa shape index (κ1) is 21.8. The molecular formula is C25H20F2N4O3. The molecule has 5 rings (SSSR count). The Labute approximate surface area is 194 Å². The summed E-state index contributed by atoms with van der Waals surface area (Å²) in [4.78, 5) is 12.6. The summed E-state index contributed by atoms with van der Waals surface area (Å²) in [5, 5.41) is 0. The Hall–Kier alpha value is -4.03. The van der Waals surface area contributed by atoms with Crippen molar-refractivity contribution in [3.8, 4) is 34.6 Å². The van der Waals surface area contributed by atoms with Crippen LogP contribution in [0.15, 0.2) is 47.7 Å². The number of methoxy groups -OCH3 is 1. The molecule has 1 aromatic carbocycles. The smallest absolute Gasteiger partial charge is 0.283 e. The van der Waals surface area contributed by atoms with E-state index in [0.717, 1.165) is 0 Å². The van der Waals surface area contributed by atoms with E-state index in [1.807, 2.05) is 13.8 Å². The average Bonchev–Trinajstić information content (AvgIpc) is 3.20. The minimum atomic E-state index is -1.17. The van der Waals surface area contributed by atoms with Crippen LogP contribution in [0.5, 0.6) is 11.6 Å². The minimum absolute atomic E-state index is 0.0131. The predicted molar refractivity (Wildman–Crippen MR) is 120 cm³/mol. The van der Waals surface area contributed by atoms with Crippen LogP contribution in [-0.4, -0.2) is 35.3 Å². The fourth-order valence-electron chi connectivity index (χ4n) is 3.88. The zero-order valence-corrected chi connectivity index (χ0v) is 18.6. The summed E-state index contributed by atoms with van der Waals surface area (Å²) in [7, 11) is 1.58. The number of benzene rings is 1. The van der Waals surface area contributed by atoms with Crippen LogP contribution in [0, 0.1) is 23.6 Å². The van der Waals surface area contributed by atoms with Crippen LogP contribution in [0.25, 0.3) is 11.1 Å². The van der Waals surface area contributed by atoms with Gasteiger partial charge in [0.2, 0.25) is 11.8 Å². The monoisotopic (exact) mass is 462 g/mol. The highest BCUT2D eigenvalue weighted by molar-refractivity contribution is 5.78. The van der Waals surface area contributed by atoms with Crippen molar-refractivity contribution >= 4 is 6.02 Å². The first-order chi connectivity index (χ1) is 16.2. The lowest BCUT2D eigenvalue weighted by atomic mass is 9.81. The van der Waals surface area contributed by atoms with Gasteiger partial charge in [0.1, 0.15) is 23.8 Å². The van der Waals surface area contributed by atoms with E-state index >= 15 is 4.39 Å². The molecule has 4 heterocycles. The standard InChI is InChI=1S/C25H20F2N4O3/c1-24(2,32-3)7-6-14-9-18-22(30-12-14)34-20-11-19(26)16(15-5-4-8-29-21(15)27)10-17(20)25(18)13-33-23(28)31-25/h4-5,8-12H,13H2,1-3H3,(H2,28,31)/t25-/m0/s1. The Morgan fingerprint density at radius 1 is 1.15 bits per heavy atom. The third-order valence-corrected chi connectivity index (χ3v) is 5.82. The van der Waals surface area contributed by atoms with E-state index in [-0.39, 0.29) is 35.4 Å². The molecule has 3 aromatic rings. The highest BCUT2D eigenvalue weighted by Crippen LogP contribution is 2.51.